The number of amides is 2. The van der Waals surface area contributed by atoms with Crippen LogP contribution in [-0.2, 0) is 21.5 Å². The summed E-state index contributed by atoms with van der Waals surface area (Å²) in [4.78, 5) is 28.2. The Labute approximate surface area is 195 Å². The molecule has 0 spiro atoms. The molecule has 1 aliphatic carbocycles. The van der Waals surface area contributed by atoms with Crippen molar-refractivity contribution in [1.82, 2.24) is 15.1 Å². The number of carbonyl (C=O) groups is 2. The molecule has 0 bridgehead atoms. The molecule has 4 N–H and O–H groups in total. The van der Waals surface area contributed by atoms with Gasteiger partial charge in [-0.25, -0.2) is 4.39 Å². The second kappa shape index (κ2) is 8.97. The number of aromatic nitrogens is 2. The van der Waals surface area contributed by atoms with E-state index in [9.17, 15) is 14.0 Å². The van der Waals surface area contributed by atoms with Gasteiger partial charge in [0, 0.05) is 23.4 Å². The maximum Gasteiger partial charge on any atom is 0.248 e. The fourth-order valence-electron chi connectivity index (χ4n) is 3.42. The van der Waals surface area contributed by atoms with Gasteiger partial charge in [0.1, 0.15) is 17.6 Å². The SMILES string of the molecule is CC(C)(C)n1cc(NC(=O)Cc2ccc(OC3=C4C=C(C(N)=O)C=CC4N=CN3)cc2F)cn1. The van der Waals surface area contributed by atoms with Crippen LogP contribution in [0.15, 0.2) is 70.8 Å². The molecule has 10 heteroatoms. The number of hydrogen-bond donors (Lipinski definition) is 3. The van der Waals surface area contributed by atoms with Crippen LogP contribution in [0.2, 0.25) is 0 Å². The lowest BCUT2D eigenvalue weighted by Gasteiger charge is -2.23. The summed E-state index contributed by atoms with van der Waals surface area (Å²) in [5.41, 5.74) is 6.82. The summed E-state index contributed by atoms with van der Waals surface area (Å²) >= 11 is 0. The number of carbonyl (C=O) groups excluding carboxylic acids is 2. The highest BCUT2D eigenvalue weighted by Gasteiger charge is 2.24. The number of nitrogens with two attached hydrogens (primary N) is 1. The van der Waals surface area contributed by atoms with Crippen LogP contribution in [0, 0.1) is 5.82 Å². The summed E-state index contributed by atoms with van der Waals surface area (Å²) in [6.45, 7) is 5.99. The topological polar surface area (TPSA) is 124 Å². The van der Waals surface area contributed by atoms with Crippen molar-refractivity contribution in [3.63, 3.8) is 0 Å². The molecule has 34 heavy (non-hydrogen) atoms. The second-order valence-corrected chi connectivity index (χ2v) is 8.90. The highest BCUT2D eigenvalue weighted by molar-refractivity contribution is 5.96. The molecule has 0 radical (unpaired) electrons. The molecule has 176 valence electrons. The summed E-state index contributed by atoms with van der Waals surface area (Å²) in [5.74, 6) is -0.987. The van der Waals surface area contributed by atoms with Crippen LogP contribution in [0.1, 0.15) is 26.3 Å². The zero-order chi connectivity index (χ0) is 24.5. The first-order valence-electron chi connectivity index (χ1n) is 10.6. The summed E-state index contributed by atoms with van der Waals surface area (Å²) in [6, 6.07) is 3.92. The van der Waals surface area contributed by atoms with Gasteiger partial charge in [0.15, 0.2) is 0 Å². The van der Waals surface area contributed by atoms with E-state index in [4.69, 9.17) is 10.5 Å². The Morgan fingerprint density at radius 2 is 2.12 bits per heavy atom. The highest BCUT2D eigenvalue weighted by Crippen LogP contribution is 2.26. The third-order valence-electron chi connectivity index (χ3n) is 5.21. The molecule has 1 aromatic heterocycles. The number of primary amides is 1. The minimum absolute atomic E-state index is 0.150. The molecular weight excluding hydrogens is 439 g/mol. The first-order chi connectivity index (χ1) is 16.1. The molecule has 1 aromatic carbocycles. The Kier molecular flexibility index (Phi) is 6.06. The molecule has 1 aliphatic heterocycles. The van der Waals surface area contributed by atoms with Crippen molar-refractivity contribution in [2.75, 3.05) is 5.32 Å². The summed E-state index contributed by atoms with van der Waals surface area (Å²) in [5, 5.41) is 9.84. The number of nitrogens with zero attached hydrogens (tertiary/aromatic N) is 3. The van der Waals surface area contributed by atoms with Crippen molar-refractivity contribution in [3.8, 4) is 5.75 Å². The average Bonchev–Trinajstić information content (AvgIpc) is 3.24. The molecule has 1 unspecified atom stereocenters. The van der Waals surface area contributed by atoms with Crippen LogP contribution in [0.5, 0.6) is 5.75 Å². The summed E-state index contributed by atoms with van der Waals surface area (Å²) in [7, 11) is 0. The van der Waals surface area contributed by atoms with E-state index in [1.807, 2.05) is 20.8 Å². The number of nitrogens with one attached hydrogen (secondary N) is 2. The van der Waals surface area contributed by atoms with Gasteiger partial charge in [-0.2, -0.15) is 5.10 Å². The Morgan fingerprint density at radius 1 is 1.32 bits per heavy atom. The molecule has 4 rings (SSSR count). The van der Waals surface area contributed by atoms with E-state index in [0.717, 1.165) is 0 Å². The predicted octanol–water partition coefficient (Wildman–Crippen LogP) is 2.53. The van der Waals surface area contributed by atoms with Gasteiger partial charge < -0.3 is 21.1 Å². The van der Waals surface area contributed by atoms with E-state index in [1.54, 1.807) is 41.4 Å². The number of hydrogen-bond acceptors (Lipinski definition) is 6. The Morgan fingerprint density at radius 3 is 2.79 bits per heavy atom. The quantitative estimate of drug-likeness (QED) is 0.606. The van der Waals surface area contributed by atoms with Crippen LogP contribution in [0.4, 0.5) is 10.1 Å². The zero-order valence-corrected chi connectivity index (χ0v) is 19.0. The number of aliphatic imine (C=N–C) groups is 1. The second-order valence-electron chi connectivity index (χ2n) is 8.90. The minimum Gasteiger partial charge on any atom is -0.441 e. The van der Waals surface area contributed by atoms with Crippen LogP contribution >= 0.6 is 0 Å². The van der Waals surface area contributed by atoms with Gasteiger partial charge in [0.05, 0.1) is 30.2 Å². The molecule has 2 heterocycles. The minimum atomic E-state index is -0.582. The molecule has 9 nitrogen and oxygen atoms in total. The number of rotatable bonds is 6. The highest BCUT2D eigenvalue weighted by atomic mass is 19.1. The first-order valence-corrected chi connectivity index (χ1v) is 10.6. The fourth-order valence-corrected chi connectivity index (χ4v) is 3.42. The third kappa shape index (κ3) is 5.06. The van der Waals surface area contributed by atoms with E-state index in [0.29, 0.717) is 22.7 Å². The van der Waals surface area contributed by atoms with Gasteiger partial charge in [-0.15, -0.1) is 0 Å². The fraction of sp³-hybridized carbons (Fsp3) is 0.250. The van der Waals surface area contributed by atoms with Gasteiger partial charge in [-0.05, 0) is 38.5 Å². The Bertz CT molecular complexity index is 1270. The maximum atomic E-state index is 14.7. The van der Waals surface area contributed by atoms with E-state index in [-0.39, 0.29) is 35.2 Å². The largest absolute Gasteiger partial charge is 0.441 e. The van der Waals surface area contributed by atoms with Crippen molar-refractivity contribution in [2.24, 2.45) is 10.7 Å². The Balaban J connectivity index is 1.45. The van der Waals surface area contributed by atoms with Gasteiger partial charge in [-0.3, -0.25) is 19.3 Å². The van der Waals surface area contributed by atoms with Crippen molar-refractivity contribution < 1.29 is 18.7 Å². The van der Waals surface area contributed by atoms with Crippen LogP contribution < -0.4 is 21.1 Å². The number of fused-ring (bicyclic) bond motifs is 1. The molecule has 0 fully saturated rings. The molecule has 2 aromatic rings. The third-order valence-corrected chi connectivity index (χ3v) is 5.21. The molecule has 0 saturated heterocycles. The van der Waals surface area contributed by atoms with Crippen molar-refractivity contribution in [1.29, 1.82) is 0 Å². The molecule has 0 saturated carbocycles. The predicted molar refractivity (Wildman–Crippen MR) is 125 cm³/mol. The maximum absolute atomic E-state index is 14.7. The van der Waals surface area contributed by atoms with Crippen molar-refractivity contribution >= 4 is 23.8 Å². The lowest BCUT2D eigenvalue weighted by Crippen LogP contribution is -2.29. The smallest absolute Gasteiger partial charge is 0.248 e. The van der Waals surface area contributed by atoms with Gasteiger partial charge in [0.2, 0.25) is 17.7 Å². The normalized spacial score (nSPS) is 17.1. The lowest BCUT2D eigenvalue weighted by molar-refractivity contribution is -0.116. The Hall–Kier alpha value is -4.21. The van der Waals surface area contributed by atoms with Crippen LogP contribution in [-0.4, -0.2) is 34.0 Å². The number of benzene rings is 1. The number of ether oxygens (including phenoxy) is 1. The first kappa shape index (κ1) is 23.0. The molecular formula is C24H25FN6O3. The standard InChI is InChI=1S/C24H25FN6O3/c1-24(2,3)31-12-16(11-29-31)30-21(32)9-14-4-6-17(10-19(14)25)34-23-18-8-15(22(26)33)5-7-20(18)27-13-28-23/h4-8,10-13,20H,9H2,1-3H3,(H2,26,33)(H,27,28)(H,30,32). The lowest BCUT2D eigenvalue weighted by atomic mass is 9.97. The van der Waals surface area contributed by atoms with E-state index in [1.165, 1.54) is 18.5 Å². The van der Waals surface area contributed by atoms with Crippen LogP contribution in [0.3, 0.4) is 0 Å². The molecule has 2 amide bonds. The van der Waals surface area contributed by atoms with Crippen molar-refractivity contribution in [3.05, 3.63) is 77.2 Å². The summed E-state index contributed by atoms with van der Waals surface area (Å²) in [6.07, 6.45) is 9.51. The number of halogens is 1. The van der Waals surface area contributed by atoms with E-state index in [2.05, 4.69) is 20.7 Å². The monoisotopic (exact) mass is 464 g/mol. The van der Waals surface area contributed by atoms with E-state index >= 15 is 0 Å². The summed E-state index contributed by atoms with van der Waals surface area (Å²) < 4.78 is 22.3. The van der Waals surface area contributed by atoms with Gasteiger partial charge in [0.25, 0.3) is 0 Å². The molecule has 1 atom stereocenters. The average molecular weight is 465 g/mol. The van der Waals surface area contributed by atoms with Gasteiger partial charge in [-0.1, -0.05) is 18.2 Å². The van der Waals surface area contributed by atoms with Crippen LogP contribution in [0.25, 0.3) is 0 Å². The zero-order valence-electron chi connectivity index (χ0n) is 19.0. The van der Waals surface area contributed by atoms with Gasteiger partial charge >= 0.3 is 0 Å². The number of anilines is 1. The van der Waals surface area contributed by atoms with Crippen molar-refractivity contribution in [2.45, 2.75) is 38.8 Å². The molecule has 2 aliphatic rings. The van der Waals surface area contributed by atoms with E-state index < -0.39 is 11.7 Å².